The van der Waals surface area contributed by atoms with Gasteiger partial charge >= 0.3 is 5.97 Å². The van der Waals surface area contributed by atoms with E-state index in [0.29, 0.717) is 23.6 Å². The van der Waals surface area contributed by atoms with E-state index in [2.05, 4.69) is 11.4 Å². The zero-order chi connectivity index (χ0) is 23.2. The van der Waals surface area contributed by atoms with Gasteiger partial charge in [0.1, 0.15) is 11.5 Å². The second kappa shape index (κ2) is 7.96. The minimum atomic E-state index is -1.00. The van der Waals surface area contributed by atoms with Gasteiger partial charge in [0.25, 0.3) is 0 Å². The fourth-order valence-electron chi connectivity index (χ4n) is 4.55. The largest absolute Gasteiger partial charge is 0.496 e. The number of methoxy groups -OCH3 is 1. The zero-order valence-corrected chi connectivity index (χ0v) is 18.6. The average molecular weight is 448 g/mol. The molecule has 5 rings (SSSR count). The number of aromatic carboxylic acids is 1. The van der Waals surface area contributed by atoms with Crippen LogP contribution in [0.5, 0.6) is 11.5 Å². The Morgan fingerprint density at radius 2 is 1.88 bits per heavy atom. The Morgan fingerprint density at radius 1 is 1.06 bits per heavy atom. The highest BCUT2D eigenvalue weighted by atomic mass is 16.5. The first-order valence-corrected chi connectivity index (χ1v) is 11.0. The predicted molar refractivity (Wildman–Crippen MR) is 130 cm³/mol. The molecule has 1 aliphatic heterocycles. The van der Waals surface area contributed by atoms with Crippen molar-refractivity contribution in [3.05, 3.63) is 76.9 Å². The van der Waals surface area contributed by atoms with Gasteiger partial charge in [0, 0.05) is 20.5 Å². The number of rotatable bonds is 6. The van der Waals surface area contributed by atoms with E-state index in [9.17, 15) is 14.7 Å². The lowest BCUT2D eigenvalue weighted by Gasteiger charge is -2.18. The number of hydrogen-bond donors (Lipinski definition) is 2. The van der Waals surface area contributed by atoms with Crippen molar-refractivity contribution in [2.24, 2.45) is 0 Å². The van der Waals surface area contributed by atoms with E-state index in [4.69, 9.17) is 9.47 Å². The lowest BCUT2D eigenvalue weighted by molar-refractivity contribution is -0.118. The van der Waals surface area contributed by atoms with Crippen molar-refractivity contribution in [2.75, 3.05) is 19.0 Å². The Bertz CT molecular complexity index is 1290. The number of carboxylic acid groups (broad SMARTS) is 1. The van der Waals surface area contributed by atoms with Crippen LogP contribution in [0.3, 0.4) is 0 Å². The molecule has 0 saturated heterocycles. The molecule has 0 bridgehead atoms. The Morgan fingerprint density at radius 3 is 2.61 bits per heavy atom. The summed E-state index contributed by atoms with van der Waals surface area (Å²) in [7, 11) is 1.55. The summed E-state index contributed by atoms with van der Waals surface area (Å²) in [6.45, 7) is 2.64. The van der Waals surface area contributed by atoms with Crippen LogP contribution in [0.15, 0.2) is 54.6 Å². The third-order valence-corrected chi connectivity index (χ3v) is 6.66. The molecule has 6 heteroatoms. The second-order valence-electron chi connectivity index (χ2n) is 8.71. The van der Waals surface area contributed by atoms with Crippen LogP contribution in [-0.2, 0) is 16.6 Å². The third kappa shape index (κ3) is 3.71. The molecule has 1 aliphatic carbocycles. The molecule has 3 aromatic rings. The monoisotopic (exact) mass is 447 g/mol. The summed E-state index contributed by atoms with van der Waals surface area (Å²) in [4.78, 5) is 24.9. The quantitative estimate of drug-likeness (QED) is 0.524. The van der Waals surface area contributed by atoms with Crippen LogP contribution in [0, 0.1) is 6.92 Å². The van der Waals surface area contributed by atoms with Gasteiger partial charge in [-0.2, -0.15) is 0 Å². The fraction of sp³-hybridized carbons (Fsp3) is 0.259. The molecule has 0 aromatic heterocycles. The first kappa shape index (κ1) is 21.1. The molecular weight excluding hydrogens is 418 g/mol. The molecule has 1 amide bonds. The SMILES string of the molecule is COc1ccc(C(=O)O)cc1-c1cc(NC(=O)C2(c3ccc4c(c3)CCO4)CC2)ccc1C.[HH].[HH]. The van der Waals surface area contributed by atoms with Crippen LogP contribution in [0.25, 0.3) is 11.1 Å². The predicted octanol–water partition coefficient (Wildman–Crippen LogP) is 5.47. The average Bonchev–Trinajstić information content (AvgIpc) is 3.50. The standard InChI is InChI=1S/C27H25NO5.2H2/c1-16-3-6-20(15-21(16)22-14-18(25(29)30)4-7-24(22)32-2)28-26(31)27(10-11-27)19-5-8-23-17(13-19)9-12-33-23;;/h3-8,13-15H,9-12H2,1-2H3,(H,28,31)(H,29,30);2*1H. The van der Waals surface area contributed by atoms with Crippen LogP contribution < -0.4 is 14.8 Å². The molecule has 6 nitrogen and oxygen atoms in total. The smallest absolute Gasteiger partial charge is 0.335 e. The molecule has 0 spiro atoms. The van der Waals surface area contributed by atoms with E-state index in [1.54, 1.807) is 19.2 Å². The van der Waals surface area contributed by atoms with Gasteiger partial charge in [-0.3, -0.25) is 4.79 Å². The number of aryl methyl sites for hydroxylation is 1. The third-order valence-electron chi connectivity index (χ3n) is 6.66. The van der Waals surface area contributed by atoms with Crippen molar-refractivity contribution in [3.8, 4) is 22.6 Å². The number of ether oxygens (including phenoxy) is 2. The lowest BCUT2D eigenvalue weighted by Crippen LogP contribution is -2.27. The van der Waals surface area contributed by atoms with Crippen molar-refractivity contribution < 1.29 is 27.0 Å². The molecule has 1 heterocycles. The number of carbonyl (C=O) groups excluding carboxylic acids is 1. The van der Waals surface area contributed by atoms with Crippen molar-refractivity contribution in [1.29, 1.82) is 0 Å². The molecule has 1 saturated carbocycles. The highest BCUT2D eigenvalue weighted by Crippen LogP contribution is 2.50. The summed E-state index contributed by atoms with van der Waals surface area (Å²) in [5.41, 5.74) is 4.97. The maximum absolute atomic E-state index is 13.4. The molecule has 172 valence electrons. The number of benzene rings is 3. The summed E-state index contributed by atoms with van der Waals surface area (Å²) in [5, 5.41) is 12.5. The number of hydrogen-bond acceptors (Lipinski definition) is 4. The Labute approximate surface area is 195 Å². The summed E-state index contributed by atoms with van der Waals surface area (Å²) in [5.74, 6) is 0.458. The molecule has 3 aromatic carbocycles. The number of amides is 1. The van der Waals surface area contributed by atoms with Gasteiger partial charge in [-0.05, 0) is 78.4 Å². The van der Waals surface area contributed by atoms with Crippen LogP contribution in [0.4, 0.5) is 5.69 Å². The van der Waals surface area contributed by atoms with Crippen molar-refractivity contribution in [1.82, 2.24) is 0 Å². The van der Waals surface area contributed by atoms with Gasteiger partial charge in [0.15, 0.2) is 0 Å². The second-order valence-corrected chi connectivity index (χ2v) is 8.71. The molecule has 2 N–H and O–H groups in total. The van der Waals surface area contributed by atoms with Gasteiger partial charge in [-0.1, -0.05) is 18.2 Å². The minimum Gasteiger partial charge on any atom is -0.496 e. The van der Waals surface area contributed by atoms with Gasteiger partial charge in [0.2, 0.25) is 5.91 Å². The van der Waals surface area contributed by atoms with Gasteiger partial charge < -0.3 is 19.9 Å². The lowest BCUT2D eigenvalue weighted by atomic mass is 9.92. The highest BCUT2D eigenvalue weighted by molar-refractivity contribution is 6.02. The maximum Gasteiger partial charge on any atom is 0.335 e. The molecular formula is C27H29NO5. The summed E-state index contributed by atoms with van der Waals surface area (Å²) < 4.78 is 11.1. The number of anilines is 1. The van der Waals surface area contributed by atoms with E-state index in [-0.39, 0.29) is 14.3 Å². The van der Waals surface area contributed by atoms with Crippen molar-refractivity contribution in [3.63, 3.8) is 0 Å². The Balaban J connectivity index is 0.00000171. The molecule has 0 atom stereocenters. The van der Waals surface area contributed by atoms with E-state index < -0.39 is 11.4 Å². The van der Waals surface area contributed by atoms with Crippen LogP contribution in [-0.4, -0.2) is 30.7 Å². The van der Waals surface area contributed by atoms with Crippen LogP contribution in [0.2, 0.25) is 0 Å². The number of carboxylic acids is 1. The van der Waals surface area contributed by atoms with Crippen LogP contribution in [0.1, 0.15) is 42.7 Å². The number of nitrogens with one attached hydrogen (secondary N) is 1. The number of fused-ring (bicyclic) bond motifs is 1. The minimum absolute atomic E-state index is 0. The number of carbonyl (C=O) groups is 2. The normalized spacial score (nSPS) is 15.3. The first-order valence-electron chi connectivity index (χ1n) is 11.0. The molecule has 1 fully saturated rings. The molecule has 33 heavy (non-hydrogen) atoms. The molecule has 0 radical (unpaired) electrons. The van der Waals surface area contributed by atoms with E-state index >= 15 is 0 Å². The summed E-state index contributed by atoms with van der Waals surface area (Å²) >= 11 is 0. The van der Waals surface area contributed by atoms with E-state index in [1.807, 2.05) is 37.3 Å². The maximum atomic E-state index is 13.4. The summed E-state index contributed by atoms with van der Waals surface area (Å²) in [6, 6.07) is 16.5. The fourth-order valence-corrected chi connectivity index (χ4v) is 4.55. The molecule has 2 aliphatic rings. The Hall–Kier alpha value is -3.80. The first-order chi connectivity index (χ1) is 15.9. The van der Waals surface area contributed by atoms with Gasteiger partial charge in [-0.15, -0.1) is 0 Å². The molecule has 0 unspecified atom stereocenters. The van der Waals surface area contributed by atoms with Gasteiger partial charge in [0.05, 0.1) is 24.7 Å². The van der Waals surface area contributed by atoms with Crippen molar-refractivity contribution in [2.45, 2.75) is 31.6 Å². The van der Waals surface area contributed by atoms with E-state index in [0.717, 1.165) is 47.3 Å². The van der Waals surface area contributed by atoms with Crippen molar-refractivity contribution >= 4 is 17.6 Å². The Kier molecular flexibility index (Phi) is 5.08. The highest BCUT2D eigenvalue weighted by Gasteiger charge is 2.51. The summed E-state index contributed by atoms with van der Waals surface area (Å²) in [6.07, 6.45) is 2.50. The van der Waals surface area contributed by atoms with Gasteiger partial charge in [-0.25, -0.2) is 4.79 Å². The van der Waals surface area contributed by atoms with Crippen LogP contribution >= 0.6 is 0 Å². The van der Waals surface area contributed by atoms with E-state index in [1.165, 1.54) is 6.07 Å². The zero-order valence-electron chi connectivity index (χ0n) is 18.6. The topological polar surface area (TPSA) is 84.9 Å².